The van der Waals surface area contributed by atoms with E-state index in [-0.39, 0.29) is 12.1 Å². The van der Waals surface area contributed by atoms with E-state index in [0.717, 1.165) is 42.4 Å². The number of alkyl halides is 1. The molecule has 0 amide bonds. The lowest BCUT2D eigenvalue weighted by Crippen LogP contribution is -2.57. The summed E-state index contributed by atoms with van der Waals surface area (Å²) in [6, 6.07) is 0. The van der Waals surface area contributed by atoms with Gasteiger partial charge in [0, 0.05) is 11.8 Å². The molecule has 0 saturated heterocycles. The molecule has 3 unspecified atom stereocenters. The molecular weight excluding hydrogens is 460 g/mol. The van der Waals surface area contributed by atoms with Crippen LogP contribution >= 0.6 is 15.9 Å². The van der Waals surface area contributed by atoms with Crippen molar-refractivity contribution in [1.29, 1.82) is 0 Å². The van der Waals surface area contributed by atoms with Crippen LogP contribution in [-0.4, -0.2) is 16.9 Å². The monoisotopic (exact) mass is 506 g/mol. The van der Waals surface area contributed by atoms with Gasteiger partial charge in [0.2, 0.25) is 0 Å². The van der Waals surface area contributed by atoms with Gasteiger partial charge in [-0.15, -0.1) is 6.58 Å². The van der Waals surface area contributed by atoms with Gasteiger partial charge in [-0.1, -0.05) is 48.7 Å². The van der Waals surface area contributed by atoms with Gasteiger partial charge in [0.25, 0.3) is 0 Å². The standard InChI is InChI=1S/C29H47BrO2/c1-18(2)8-7-9-19(3)23-10-11-24-27-25(13-15-29(23,24)6)28(5)14-12-22(32-20(4)31)16-21(28)17-26(27)30/h19,21-27H,1,7-17H2,2-6H3/t19-,21?,22?,23-,24+,25+,26?,27+,28+,29-/m1/s1. The Morgan fingerprint density at radius 3 is 2.44 bits per heavy atom. The van der Waals surface area contributed by atoms with Crippen molar-refractivity contribution in [2.75, 3.05) is 0 Å². The van der Waals surface area contributed by atoms with Crippen molar-refractivity contribution in [1.82, 2.24) is 0 Å². The molecule has 4 aliphatic carbocycles. The molecule has 0 aromatic heterocycles. The molecule has 0 aromatic carbocycles. The third-order valence-corrected chi connectivity index (χ3v) is 11.9. The Labute approximate surface area is 205 Å². The number of hydrogen-bond donors (Lipinski definition) is 0. The average molecular weight is 508 g/mol. The van der Waals surface area contributed by atoms with Crippen LogP contribution in [0.3, 0.4) is 0 Å². The zero-order chi connectivity index (χ0) is 23.3. The Hall–Kier alpha value is -0.310. The first-order chi connectivity index (χ1) is 15.1. The topological polar surface area (TPSA) is 26.3 Å². The minimum atomic E-state index is -0.106. The summed E-state index contributed by atoms with van der Waals surface area (Å²) in [5.74, 6) is 4.85. The molecular formula is C29H47BrO2. The summed E-state index contributed by atoms with van der Waals surface area (Å²) in [5, 5.41) is 0. The molecule has 32 heavy (non-hydrogen) atoms. The molecule has 4 fully saturated rings. The van der Waals surface area contributed by atoms with E-state index < -0.39 is 0 Å². The zero-order valence-corrected chi connectivity index (χ0v) is 22.9. The Morgan fingerprint density at radius 2 is 1.75 bits per heavy atom. The Balaban J connectivity index is 1.48. The zero-order valence-electron chi connectivity index (χ0n) is 21.3. The number of carbonyl (C=O) groups is 1. The van der Waals surface area contributed by atoms with Crippen LogP contribution in [0.25, 0.3) is 0 Å². The maximum Gasteiger partial charge on any atom is 0.302 e. The highest BCUT2D eigenvalue weighted by Gasteiger charge is 2.62. The van der Waals surface area contributed by atoms with E-state index >= 15 is 0 Å². The lowest BCUT2D eigenvalue weighted by atomic mass is 9.44. The second-order valence-electron chi connectivity index (χ2n) is 12.8. The predicted molar refractivity (Wildman–Crippen MR) is 137 cm³/mol. The van der Waals surface area contributed by atoms with Gasteiger partial charge in [-0.3, -0.25) is 4.79 Å². The molecule has 0 aliphatic heterocycles. The Kier molecular flexibility index (Phi) is 7.27. The molecule has 182 valence electrons. The largest absolute Gasteiger partial charge is 0.463 e. The van der Waals surface area contributed by atoms with Crippen LogP contribution in [0.1, 0.15) is 105 Å². The van der Waals surface area contributed by atoms with E-state index in [1.807, 2.05) is 0 Å². The molecule has 4 rings (SSSR count). The first-order valence-electron chi connectivity index (χ1n) is 13.5. The highest BCUT2D eigenvalue weighted by molar-refractivity contribution is 9.09. The number of hydrogen-bond acceptors (Lipinski definition) is 2. The average Bonchev–Trinajstić information content (AvgIpc) is 3.05. The number of rotatable bonds is 6. The van der Waals surface area contributed by atoms with Crippen molar-refractivity contribution in [2.45, 2.75) is 116 Å². The summed E-state index contributed by atoms with van der Waals surface area (Å²) in [6.45, 7) is 15.7. The van der Waals surface area contributed by atoms with Gasteiger partial charge in [0.15, 0.2) is 0 Å². The third kappa shape index (κ3) is 4.38. The van der Waals surface area contributed by atoms with Gasteiger partial charge in [0.1, 0.15) is 6.10 Å². The van der Waals surface area contributed by atoms with E-state index in [2.05, 4.69) is 50.2 Å². The maximum absolute atomic E-state index is 11.6. The van der Waals surface area contributed by atoms with Gasteiger partial charge < -0.3 is 4.74 Å². The molecule has 0 radical (unpaired) electrons. The van der Waals surface area contributed by atoms with E-state index in [1.165, 1.54) is 63.4 Å². The van der Waals surface area contributed by atoms with Crippen LogP contribution in [-0.2, 0) is 9.53 Å². The number of fused-ring (bicyclic) bond motifs is 5. The molecule has 3 heteroatoms. The fourth-order valence-electron chi connectivity index (χ4n) is 9.38. The van der Waals surface area contributed by atoms with Crippen molar-refractivity contribution in [2.24, 2.45) is 46.3 Å². The minimum absolute atomic E-state index is 0.106. The number of halogens is 1. The van der Waals surface area contributed by atoms with E-state index in [4.69, 9.17) is 4.74 Å². The summed E-state index contributed by atoms with van der Waals surface area (Å²) < 4.78 is 5.67. The van der Waals surface area contributed by atoms with Crippen molar-refractivity contribution >= 4 is 21.9 Å². The Bertz CT molecular complexity index is 718. The van der Waals surface area contributed by atoms with Crippen molar-refractivity contribution in [3.63, 3.8) is 0 Å². The fraction of sp³-hybridized carbons (Fsp3) is 0.897. The number of ether oxygens (including phenoxy) is 1. The van der Waals surface area contributed by atoms with Gasteiger partial charge in [-0.05, 0) is 117 Å². The van der Waals surface area contributed by atoms with Crippen LogP contribution in [0.2, 0.25) is 0 Å². The van der Waals surface area contributed by atoms with Crippen LogP contribution in [0.15, 0.2) is 12.2 Å². The van der Waals surface area contributed by atoms with Gasteiger partial charge >= 0.3 is 5.97 Å². The highest BCUT2D eigenvalue weighted by Crippen LogP contribution is 2.69. The number of allylic oxidation sites excluding steroid dienone is 1. The van der Waals surface area contributed by atoms with Crippen LogP contribution in [0.5, 0.6) is 0 Å². The molecule has 0 N–H and O–H groups in total. The quantitative estimate of drug-likeness (QED) is 0.205. The summed E-state index contributed by atoms with van der Waals surface area (Å²) >= 11 is 4.25. The fourth-order valence-corrected chi connectivity index (χ4v) is 10.6. The SMILES string of the molecule is C=C(C)CCC[C@@H](C)[C@H]1CC[C@H]2[C@@H]3C(Br)CC4CC(OC(C)=O)CC[C@]4(C)[C@H]3CC[C@]12C. The van der Waals surface area contributed by atoms with Crippen molar-refractivity contribution < 1.29 is 9.53 Å². The maximum atomic E-state index is 11.6. The van der Waals surface area contributed by atoms with Gasteiger partial charge in [-0.2, -0.15) is 0 Å². The summed E-state index contributed by atoms with van der Waals surface area (Å²) in [4.78, 5) is 12.2. The smallest absolute Gasteiger partial charge is 0.302 e. The third-order valence-electron chi connectivity index (χ3n) is 10.9. The second-order valence-corrected chi connectivity index (χ2v) is 14.0. The normalized spacial score (nSPS) is 46.5. The molecule has 0 heterocycles. The highest BCUT2D eigenvalue weighted by atomic mass is 79.9. The first kappa shape index (κ1) is 24.8. The number of esters is 1. The molecule has 0 aromatic rings. The lowest BCUT2D eigenvalue weighted by Gasteiger charge is -2.62. The molecule has 4 aliphatic rings. The molecule has 0 bridgehead atoms. The molecule has 10 atom stereocenters. The van der Waals surface area contributed by atoms with E-state index in [9.17, 15) is 4.79 Å². The minimum Gasteiger partial charge on any atom is -0.463 e. The van der Waals surface area contributed by atoms with E-state index in [0.29, 0.717) is 21.6 Å². The number of carbonyl (C=O) groups excluding carboxylic acids is 1. The molecule has 4 saturated carbocycles. The van der Waals surface area contributed by atoms with Gasteiger partial charge in [0.05, 0.1) is 0 Å². The van der Waals surface area contributed by atoms with Crippen molar-refractivity contribution in [3.8, 4) is 0 Å². The lowest BCUT2D eigenvalue weighted by molar-refractivity contribution is -0.159. The Morgan fingerprint density at radius 1 is 1.06 bits per heavy atom. The summed E-state index contributed by atoms with van der Waals surface area (Å²) in [7, 11) is 0. The molecule has 2 nitrogen and oxygen atoms in total. The van der Waals surface area contributed by atoms with Crippen molar-refractivity contribution in [3.05, 3.63) is 12.2 Å². The van der Waals surface area contributed by atoms with Crippen LogP contribution < -0.4 is 0 Å². The second kappa shape index (κ2) is 9.38. The summed E-state index contributed by atoms with van der Waals surface area (Å²) in [6.07, 6.45) is 14.3. The van der Waals surface area contributed by atoms with E-state index in [1.54, 1.807) is 6.92 Å². The van der Waals surface area contributed by atoms with Gasteiger partial charge in [-0.25, -0.2) is 0 Å². The van der Waals surface area contributed by atoms with Crippen LogP contribution in [0, 0.1) is 46.3 Å². The first-order valence-corrected chi connectivity index (χ1v) is 14.4. The van der Waals surface area contributed by atoms with Crippen LogP contribution in [0.4, 0.5) is 0 Å². The molecule has 0 spiro atoms. The summed E-state index contributed by atoms with van der Waals surface area (Å²) in [5.41, 5.74) is 2.29. The predicted octanol–water partition coefficient (Wildman–Crippen LogP) is 8.33.